The van der Waals surface area contributed by atoms with Crippen LogP contribution in [0.2, 0.25) is 0 Å². The fourth-order valence-corrected chi connectivity index (χ4v) is 1.77. The third-order valence-electron chi connectivity index (χ3n) is 3.18. The van der Waals surface area contributed by atoms with Crippen molar-refractivity contribution in [2.75, 3.05) is 20.3 Å². The third-order valence-corrected chi connectivity index (χ3v) is 3.18. The van der Waals surface area contributed by atoms with Crippen molar-refractivity contribution in [1.82, 2.24) is 4.90 Å². The minimum absolute atomic E-state index is 0. The van der Waals surface area contributed by atoms with Gasteiger partial charge in [-0.25, -0.2) is 0 Å². The van der Waals surface area contributed by atoms with Gasteiger partial charge in [-0.3, -0.25) is 4.79 Å². The average Bonchev–Trinajstić information content (AvgIpc) is 2.27. The normalized spacial score (nSPS) is 19.1. The minimum Gasteiger partial charge on any atom is -0.381 e. The molecular weight excluding hydrogens is 228 g/mol. The Labute approximate surface area is 104 Å². The number of nitrogens with zero attached hydrogens (tertiary/aromatic N) is 1. The van der Waals surface area contributed by atoms with E-state index >= 15 is 0 Å². The van der Waals surface area contributed by atoms with Gasteiger partial charge in [-0.2, -0.15) is 0 Å². The summed E-state index contributed by atoms with van der Waals surface area (Å²) >= 11 is 0. The first-order chi connectivity index (χ1) is 7.04. The zero-order valence-corrected chi connectivity index (χ0v) is 11.1. The Morgan fingerprint density at radius 1 is 1.38 bits per heavy atom. The first kappa shape index (κ1) is 15.7. The molecule has 0 spiro atoms. The lowest BCUT2D eigenvalue weighted by atomic mass is 9.91. The Bertz CT molecular complexity index is 218. The van der Waals surface area contributed by atoms with Crippen molar-refractivity contribution < 1.29 is 9.53 Å². The number of hydrogen-bond donors (Lipinski definition) is 1. The van der Waals surface area contributed by atoms with Crippen LogP contribution < -0.4 is 5.73 Å². The van der Waals surface area contributed by atoms with E-state index in [9.17, 15) is 4.79 Å². The van der Waals surface area contributed by atoms with Gasteiger partial charge in [0.2, 0.25) is 5.91 Å². The van der Waals surface area contributed by atoms with Gasteiger partial charge < -0.3 is 15.4 Å². The van der Waals surface area contributed by atoms with E-state index in [1.807, 2.05) is 20.9 Å². The number of nitrogens with two attached hydrogens (primary N) is 1. The van der Waals surface area contributed by atoms with Crippen molar-refractivity contribution in [1.29, 1.82) is 0 Å². The van der Waals surface area contributed by atoms with E-state index in [1.165, 1.54) is 0 Å². The largest absolute Gasteiger partial charge is 0.381 e. The lowest BCUT2D eigenvalue weighted by molar-refractivity contribution is -0.134. The van der Waals surface area contributed by atoms with E-state index < -0.39 is 0 Å². The Hall–Kier alpha value is -0.320. The maximum absolute atomic E-state index is 11.9. The van der Waals surface area contributed by atoms with Crippen molar-refractivity contribution in [3.05, 3.63) is 0 Å². The van der Waals surface area contributed by atoms with Gasteiger partial charge in [0.25, 0.3) is 0 Å². The van der Waals surface area contributed by atoms with Gasteiger partial charge in [0.05, 0.1) is 6.04 Å². The predicted molar refractivity (Wildman–Crippen MR) is 66.7 cm³/mol. The number of amides is 1. The highest BCUT2D eigenvalue weighted by molar-refractivity contribution is 5.85. The Balaban J connectivity index is 0.00000225. The fourth-order valence-electron chi connectivity index (χ4n) is 1.77. The second-order valence-electron chi connectivity index (χ2n) is 4.52. The summed E-state index contributed by atoms with van der Waals surface area (Å²) in [4.78, 5) is 13.7. The molecule has 1 aliphatic heterocycles. The molecule has 0 aromatic carbocycles. The maximum atomic E-state index is 11.9. The molecule has 1 rings (SSSR count). The highest BCUT2D eigenvalue weighted by Crippen LogP contribution is 2.19. The zero-order valence-electron chi connectivity index (χ0n) is 10.3. The van der Waals surface area contributed by atoms with Crippen molar-refractivity contribution in [2.24, 2.45) is 11.7 Å². The van der Waals surface area contributed by atoms with Gasteiger partial charge in [0.15, 0.2) is 0 Å². The second kappa shape index (κ2) is 7.09. The van der Waals surface area contributed by atoms with E-state index in [-0.39, 0.29) is 36.3 Å². The van der Waals surface area contributed by atoms with Gasteiger partial charge in [-0.15, -0.1) is 12.4 Å². The van der Waals surface area contributed by atoms with Gasteiger partial charge in [-0.1, -0.05) is 0 Å². The van der Waals surface area contributed by atoms with Crippen LogP contribution >= 0.6 is 12.4 Å². The number of hydrogen-bond acceptors (Lipinski definition) is 3. The van der Waals surface area contributed by atoms with Crippen LogP contribution in [0.5, 0.6) is 0 Å². The van der Waals surface area contributed by atoms with Crippen LogP contribution in [0.3, 0.4) is 0 Å². The van der Waals surface area contributed by atoms with Crippen molar-refractivity contribution in [3.8, 4) is 0 Å². The second-order valence-corrected chi connectivity index (χ2v) is 4.52. The topological polar surface area (TPSA) is 55.6 Å². The predicted octanol–water partition coefficient (Wildman–Crippen LogP) is 1.03. The molecule has 0 aromatic rings. The first-order valence-electron chi connectivity index (χ1n) is 5.64. The van der Waals surface area contributed by atoms with Crippen molar-refractivity contribution in [3.63, 3.8) is 0 Å². The Kier molecular flexibility index (Phi) is 6.95. The molecule has 0 saturated carbocycles. The van der Waals surface area contributed by atoms with Crippen LogP contribution in [0.15, 0.2) is 0 Å². The number of halogens is 1. The maximum Gasteiger partial charge on any atom is 0.239 e. The fraction of sp³-hybridized carbons (Fsp3) is 0.909. The van der Waals surface area contributed by atoms with E-state index in [2.05, 4.69) is 0 Å². The third kappa shape index (κ3) is 3.92. The smallest absolute Gasteiger partial charge is 0.239 e. The molecule has 1 atom stereocenters. The molecular formula is C11H23ClN2O2. The molecule has 96 valence electrons. The molecule has 1 amide bonds. The molecule has 0 aromatic heterocycles. The molecule has 4 nitrogen and oxygen atoms in total. The van der Waals surface area contributed by atoms with Crippen molar-refractivity contribution >= 4 is 18.3 Å². The van der Waals surface area contributed by atoms with E-state index in [4.69, 9.17) is 10.5 Å². The average molecular weight is 251 g/mol. The standard InChI is InChI=1S/C11H22N2O2.ClH/c1-8(2)13(3)11(14)10(12)9-4-6-15-7-5-9;/h8-10H,4-7,12H2,1-3H3;1H. The molecule has 1 fully saturated rings. The molecule has 1 aliphatic rings. The van der Waals surface area contributed by atoms with Gasteiger partial charge in [-0.05, 0) is 32.6 Å². The number of ether oxygens (including phenoxy) is 1. The number of carbonyl (C=O) groups excluding carboxylic acids is 1. The van der Waals surface area contributed by atoms with Crippen LogP contribution in [0.4, 0.5) is 0 Å². The summed E-state index contributed by atoms with van der Waals surface area (Å²) in [5.74, 6) is 0.337. The zero-order chi connectivity index (χ0) is 11.4. The van der Waals surface area contributed by atoms with Gasteiger partial charge >= 0.3 is 0 Å². The lowest BCUT2D eigenvalue weighted by Gasteiger charge is -2.31. The molecule has 0 aliphatic carbocycles. The van der Waals surface area contributed by atoms with Crippen LogP contribution in [-0.4, -0.2) is 43.2 Å². The van der Waals surface area contributed by atoms with E-state index in [0.29, 0.717) is 0 Å². The molecule has 1 saturated heterocycles. The van der Waals surface area contributed by atoms with Gasteiger partial charge in [0.1, 0.15) is 0 Å². The quantitative estimate of drug-likeness (QED) is 0.814. The molecule has 1 unspecified atom stereocenters. The first-order valence-corrected chi connectivity index (χ1v) is 5.64. The van der Waals surface area contributed by atoms with Gasteiger partial charge in [0, 0.05) is 26.3 Å². The lowest BCUT2D eigenvalue weighted by Crippen LogP contribution is -2.49. The van der Waals surface area contributed by atoms with Crippen LogP contribution in [0.25, 0.3) is 0 Å². The number of likely N-dealkylation sites (N-methyl/N-ethyl adjacent to an activating group) is 1. The Morgan fingerprint density at radius 3 is 2.31 bits per heavy atom. The summed E-state index contributed by atoms with van der Waals surface area (Å²) in [5.41, 5.74) is 5.98. The SMILES string of the molecule is CC(C)N(C)C(=O)C(N)C1CCOCC1.Cl. The summed E-state index contributed by atoms with van der Waals surface area (Å²) in [6.45, 7) is 5.46. The summed E-state index contributed by atoms with van der Waals surface area (Å²) < 4.78 is 5.26. The molecule has 16 heavy (non-hydrogen) atoms. The van der Waals surface area contributed by atoms with E-state index in [1.54, 1.807) is 4.90 Å². The summed E-state index contributed by atoms with van der Waals surface area (Å²) in [6, 6.07) is -0.148. The molecule has 1 heterocycles. The van der Waals surface area contributed by atoms with Crippen LogP contribution in [-0.2, 0) is 9.53 Å². The Morgan fingerprint density at radius 2 is 1.88 bits per heavy atom. The summed E-state index contributed by atoms with van der Waals surface area (Å²) in [7, 11) is 1.81. The molecule has 5 heteroatoms. The van der Waals surface area contributed by atoms with Crippen molar-refractivity contribution in [2.45, 2.75) is 38.8 Å². The monoisotopic (exact) mass is 250 g/mol. The van der Waals surface area contributed by atoms with Crippen LogP contribution in [0, 0.1) is 5.92 Å². The molecule has 2 N–H and O–H groups in total. The summed E-state index contributed by atoms with van der Waals surface area (Å²) in [6.07, 6.45) is 1.80. The number of rotatable bonds is 3. The van der Waals surface area contributed by atoms with Crippen LogP contribution in [0.1, 0.15) is 26.7 Å². The molecule has 0 radical (unpaired) electrons. The van der Waals surface area contributed by atoms with E-state index in [0.717, 1.165) is 26.1 Å². The molecule has 0 bridgehead atoms. The summed E-state index contributed by atoms with van der Waals surface area (Å²) in [5, 5.41) is 0. The highest BCUT2D eigenvalue weighted by atomic mass is 35.5. The highest BCUT2D eigenvalue weighted by Gasteiger charge is 2.29. The minimum atomic E-state index is -0.360. The number of carbonyl (C=O) groups is 1.